The number of rotatable bonds is 6. The van der Waals surface area contributed by atoms with Gasteiger partial charge in [0.25, 0.3) is 0 Å². The summed E-state index contributed by atoms with van der Waals surface area (Å²) in [5.41, 5.74) is 1.08. The fourth-order valence-electron chi connectivity index (χ4n) is 2.73. The maximum atomic E-state index is 12.6. The number of methoxy groups -OCH3 is 1. The van der Waals surface area contributed by atoms with Crippen LogP contribution in [0, 0.1) is 0 Å². The van der Waals surface area contributed by atoms with Gasteiger partial charge in [-0.25, -0.2) is 13.2 Å². The van der Waals surface area contributed by atoms with E-state index in [1.807, 2.05) is 0 Å². The van der Waals surface area contributed by atoms with Crippen molar-refractivity contribution in [3.8, 4) is 0 Å². The maximum Gasteiger partial charge on any atom is 0.322 e. The smallest absolute Gasteiger partial charge is 0.322 e. The summed E-state index contributed by atoms with van der Waals surface area (Å²) in [7, 11) is -1.58. The lowest BCUT2D eigenvalue weighted by Crippen LogP contribution is -2.45. The molecule has 1 aliphatic heterocycles. The molecule has 1 heterocycles. The number of hydrogen-bond acceptors (Lipinski definition) is 5. The van der Waals surface area contributed by atoms with Crippen LogP contribution < -0.4 is 10.6 Å². The fourth-order valence-corrected chi connectivity index (χ4v) is 4.46. The van der Waals surface area contributed by atoms with Crippen molar-refractivity contribution < 1.29 is 22.7 Å². The molecule has 8 nitrogen and oxygen atoms in total. The predicted octanol–water partition coefficient (Wildman–Crippen LogP) is 1.31. The monoisotopic (exact) mass is 369 g/mol. The van der Waals surface area contributed by atoms with Gasteiger partial charge in [0.2, 0.25) is 5.91 Å². The van der Waals surface area contributed by atoms with Crippen LogP contribution in [-0.4, -0.2) is 63.1 Å². The topological polar surface area (TPSA) is 105 Å². The zero-order valence-electron chi connectivity index (χ0n) is 14.3. The standard InChI is InChI=1S/C16H23N3O5S/c1-12(20)17-13-4-3-5-14(10-13)18-16(21)19(7-8-24-2)15-6-9-25(22,23)11-15/h3-5,10,15H,6-9,11H2,1-2H3,(H,17,20)(H,18,21). The quantitative estimate of drug-likeness (QED) is 0.787. The first-order valence-electron chi connectivity index (χ1n) is 7.95. The number of benzene rings is 1. The van der Waals surface area contributed by atoms with Gasteiger partial charge in [-0.1, -0.05) is 6.07 Å². The molecule has 25 heavy (non-hydrogen) atoms. The molecule has 0 aliphatic carbocycles. The summed E-state index contributed by atoms with van der Waals surface area (Å²) >= 11 is 0. The van der Waals surface area contributed by atoms with Gasteiger partial charge in [-0.05, 0) is 24.6 Å². The van der Waals surface area contributed by atoms with Gasteiger partial charge >= 0.3 is 6.03 Å². The highest BCUT2D eigenvalue weighted by Crippen LogP contribution is 2.20. The highest BCUT2D eigenvalue weighted by molar-refractivity contribution is 7.91. The lowest BCUT2D eigenvalue weighted by Gasteiger charge is -2.28. The molecule has 1 unspecified atom stereocenters. The molecule has 9 heteroatoms. The highest BCUT2D eigenvalue weighted by Gasteiger charge is 2.34. The van der Waals surface area contributed by atoms with Gasteiger partial charge in [-0.3, -0.25) is 4.79 Å². The maximum absolute atomic E-state index is 12.6. The molecule has 0 radical (unpaired) electrons. The summed E-state index contributed by atoms with van der Waals surface area (Å²) in [5, 5.41) is 5.40. The first-order valence-corrected chi connectivity index (χ1v) is 9.77. The molecular weight excluding hydrogens is 346 g/mol. The van der Waals surface area contributed by atoms with Crippen LogP contribution >= 0.6 is 0 Å². The van der Waals surface area contributed by atoms with Gasteiger partial charge in [0.05, 0.1) is 18.1 Å². The van der Waals surface area contributed by atoms with Gasteiger partial charge < -0.3 is 20.3 Å². The van der Waals surface area contributed by atoms with Crippen LogP contribution in [0.1, 0.15) is 13.3 Å². The molecule has 1 fully saturated rings. The SMILES string of the molecule is COCCN(C(=O)Nc1cccc(NC(C)=O)c1)C1CCS(=O)(=O)C1. The van der Waals surface area contributed by atoms with Crippen LogP contribution in [0.25, 0.3) is 0 Å². The van der Waals surface area contributed by atoms with E-state index in [4.69, 9.17) is 4.74 Å². The van der Waals surface area contributed by atoms with Crippen LogP contribution in [0.2, 0.25) is 0 Å². The summed E-state index contributed by atoms with van der Waals surface area (Å²) in [6, 6.07) is 6.00. The molecule has 1 aromatic rings. The van der Waals surface area contributed by atoms with Gasteiger partial charge in [-0.15, -0.1) is 0 Å². The average molecular weight is 369 g/mol. The number of ether oxygens (including phenoxy) is 1. The molecule has 2 rings (SSSR count). The summed E-state index contributed by atoms with van der Waals surface area (Å²) in [6.45, 7) is 2.02. The average Bonchev–Trinajstić information content (AvgIpc) is 2.87. The number of carbonyl (C=O) groups is 2. The lowest BCUT2D eigenvalue weighted by atomic mass is 10.2. The number of sulfone groups is 1. The Balaban J connectivity index is 2.10. The van der Waals surface area contributed by atoms with Crippen molar-refractivity contribution >= 4 is 33.2 Å². The van der Waals surface area contributed by atoms with E-state index < -0.39 is 9.84 Å². The van der Waals surface area contributed by atoms with Gasteiger partial charge in [0.1, 0.15) is 0 Å². The number of anilines is 2. The Morgan fingerprint density at radius 3 is 2.52 bits per heavy atom. The first-order chi connectivity index (χ1) is 11.8. The largest absolute Gasteiger partial charge is 0.383 e. The molecule has 1 saturated heterocycles. The molecule has 138 valence electrons. The second kappa shape index (κ2) is 8.30. The number of nitrogens with zero attached hydrogens (tertiary/aromatic N) is 1. The molecule has 1 aliphatic rings. The molecule has 2 N–H and O–H groups in total. The molecule has 0 saturated carbocycles. The highest BCUT2D eigenvalue weighted by atomic mass is 32.2. The predicted molar refractivity (Wildman–Crippen MR) is 95.4 cm³/mol. The molecule has 0 spiro atoms. The van der Waals surface area contributed by atoms with E-state index in [-0.39, 0.29) is 29.5 Å². The Labute approximate surface area is 147 Å². The van der Waals surface area contributed by atoms with Gasteiger partial charge in [0.15, 0.2) is 9.84 Å². The minimum atomic E-state index is -3.10. The Morgan fingerprint density at radius 2 is 1.96 bits per heavy atom. The summed E-state index contributed by atoms with van der Waals surface area (Å²) in [4.78, 5) is 25.3. The third-order valence-corrected chi connectivity index (χ3v) is 5.63. The van der Waals surface area contributed by atoms with E-state index in [2.05, 4.69) is 10.6 Å². The van der Waals surface area contributed by atoms with Crippen molar-refractivity contribution in [1.82, 2.24) is 4.90 Å². The number of nitrogens with one attached hydrogen (secondary N) is 2. The van der Waals surface area contributed by atoms with Crippen LogP contribution in [0.3, 0.4) is 0 Å². The Morgan fingerprint density at radius 1 is 1.28 bits per heavy atom. The number of carbonyl (C=O) groups excluding carboxylic acids is 2. The van der Waals surface area contributed by atoms with Crippen LogP contribution in [0.5, 0.6) is 0 Å². The van der Waals surface area contributed by atoms with Crippen molar-refractivity contribution in [1.29, 1.82) is 0 Å². The van der Waals surface area contributed by atoms with Crippen LogP contribution in [0.4, 0.5) is 16.2 Å². The van der Waals surface area contributed by atoms with Gasteiger partial charge in [0, 0.05) is 38.0 Å². The van der Waals surface area contributed by atoms with Crippen molar-refractivity contribution in [2.24, 2.45) is 0 Å². The Bertz CT molecular complexity index is 735. The minimum Gasteiger partial charge on any atom is -0.383 e. The van der Waals surface area contributed by atoms with E-state index in [0.717, 1.165) is 0 Å². The number of urea groups is 1. The summed E-state index contributed by atoms with van der Waals surface area (Å²) in [5.74, 6) is -0.149. The Hall–Kier alpha value is -2.13. The van der Waals surface area contributed by atoms with E-state index in [0.29, 0.717) is 30.9 Å². The molecule has 1 atom stereocenters. The second-order valence-corrected chi connectivity index (χ2v) is 8.16. The van der Waals surface area contributed by atoms with Crippen molar-refractivity contribution in [3.63, 3.8) is 0 Å². The molecule has 1 aromatic carbocycles. The molecular formula is C16H23N3O5S. The summed E-state index contributed by atoms with van der Waals surface area (Å²) in [6.07, 6.45) is 0.422. The normalized spacial score (nSPS) is 18.6. The molecule has 0 aromatic heterocycles. The minimum absolute atomic E-state index is 0.0317. The molecule has 3 amide bonds. The van der Waals surface area contributed by atoms with E-state index in [9.17, 15) is 18.0 Å². The lowest BCUT2D eigenvalue weighted by molar-refractivity contribution is -0.114. The second-order valence-electron chi connectivity index (χ2n) is 5.94. The fraction of sp³-hybridized carbons (Fsp3) is 0.500. The zero-order chi connectivity index (χ0) is 18.4. The Kier molecular flexibility index (Phi) is 6.38. The van der Waals surface area contributed by atoms with Crippen LogP contribution in [-0.2, 0) is 19.4 Å². The zero-order valence-corrected chi connectivity index (χ0v) is 15.1. The van der Waals surface area contributed by atoms with E-state index in [1.54, 1.807) is 24.3 Å². The molecule has 0 bridgehead atoms. The summed E-state index contributed by atoms with van der Waals surface area (Å²) < 4.78 is 28.5. The third-order valence-electron chi connectivity index (χ3n) is 3.88. The van der Waals surface area contributed by atoms with Crippen molar-refractivity contribution in [3.05, 3.63) is 24.3 Å². The number of amides is 3. The van der Waals surface area contributed by atoms with Crippen molar-refractivity contribution in [2.75, 3.05) is 42.4 Å². The third kappa shape index (κ3) is 5.71. The van der Waals surface area contributed by atoms with Gasteiger partial charge in [-0.2, -0.15) is 0 Å². The van der Waals surface area contributed by atoms with E-state index >= 15 is 0 Å². The number of hydrogen-bond donors (Lipinski definition) is 2. The van der Waals surface area contributed by atoms with Crippen molar-refractivity contribution in [2.45, 2.75) is 19.4 Å². The van der Waals surface area contributed by atoms with E-state index in [1.165, 1.54) is 18.9 Å². The van der Waals surface area contributed by atoms with Crippen LogP contribution in [0.15, 0.2) is 24.3 Å². The first kappa shape index (κ1) is 19.2.